The van der Waals surface area contributed by atoms with Crippen molar-refractivity contribution in [2.24, 2.45) is 0 Å². The number of hydrogen-bond acceptors (Lipinski definition) is 6. The molecule has 0 amide bonds. The van der Waals surface area contributed by atoms with E-state index in [1.165, 1.54) is 6.42 Å². The third kappa shape index (κ3) is 2.64. The van der Waals surface area contributed by atoms with Gasteiger partial charge in [0, 0.05) is 37.4 Å². The summed E-state index contributed by atoms with van der Waals surface area (Å²) in [5.74, 6) is 2.42. The molecule has 1 saturated carbocycles. The van der Waals surface area contributed by atoms with E-state index < -0.39 is 0 Å². The molecule has 0 radical (unpaired) electrons. The largest absolute Gasteiger partial charge is 0.366 e. The predicted molar refractivity (Wildman–Crippen MR) is 107 cm³/mol. The Morgan fingerprint density at radius 2 is 2.00 bits per heavy atom. The Morgan fingerprint density at radius 1 is 1.18 bits per heavy atom. The van der Waals surface area contributed by atoms with Crippen molar-refractivity contribution in [3.8, 4) is 11.4 Å². The van der Waals surface area contributed by atoms with Crippen LogP contribution in [0.3, 0.4) is 0 Å². The zero-order chi connectivity index (χ0) is 19.1. The Morgan fingerprint density at radius 3 is 2.64 bits per heavy atom. The van der Waals surface area contributed by atoms with E-state index >= 15 is 0 Å². The molecule has 1 fully saturated rings. The molecule has 4 aromatic heterocycles. The molecule has 28 heavy (non-hydrogen) atoms. The summed E-state index contributed by atoms with van der Waals surface area (Å²) in [7, 11) is 0. The van der Waals surface area contributed by atoms with Crippen LogP contribution >= 0.6 is 0 Å². The normalized spacial score (nSPS) is 14.4. The van der Waals surface area contributed by atoms with E-state index in [0.29, 0.717) is 6.04 Å². The number of imidazole rings is 1. The molecule has 0 spiro atoms. The minimum absolute atomic E-state index is 0.437. The van der Waals surface area contributed by atoms with Crippen LogP contribution in [0.1, 0.15) is 32.0 Å². The highest BCUT2D eigenvalue weighted by Gasteiger charge is 2.30. The minimum Gasteiger partial charge on any atom is -0.366 e. The molecule has 1 N–H and O–H groups in total. The lowest BCUT2D eigenvalue weighted by atomic mass is 9.91. The third-order valence-electron chi connectivity index (χ3n) is 5.40. The van der Waals surface area contributed by atoms with Crippen LogP contribution in [0.2, 0.25) is 0 Å². The van der Waals surface area contributed by atoms with Gasteiger partial charge < -0.3 is 14.5 Å². The van der Waals surface area contributed by atoms with E-state index in [0.717, 1.165) is 59.3 Å². The summed E-state index contributed by atoms with van der Waals surface area (Å²) in [5, 5.41) is 0. The maximum atomic E-state index is 4.96. The fraction of sp³-hybridized carbons (Fsp3) is 0.350. The first-order chi connectivity index (χ1) is 13.8. The van der Waals surface area contributed by atoms with Gasteiger partial charge >= 0.3 is 0 Å². The molecular formula is C20H22N8. The van der Waals surface area contributed by atoms with Crippen molar-refractivity contribution >= 4 is 22.7 Å². The fourth-order valence-corrected chi connectivity index (χ4v) is 3.74. The van der Waals surface area contributed by atoms with Crippen LogP contribution in [0, 0.1) is 6.92 Å². The smallest absolute Gasteiger partial charge is 0.165 e. The van der Waals surface area contributed by atoms with E-state index in [9.17, 15) is 0 Å². The van der Waals surface area contributed by atoms with Gasteiger partial charge in [-0.25, -0.2) is 24.9 Å². The van der Waals surface area contributed by atoms with Crippen LogP contribution in [-0.4, -0.2) is 40.5 Å². The summed E-state index contributed by atoms with van der Waals surface area (Å²) in [6.07, 6.45) is 12.8. The second kappa shape index (κ2) is 6.70. The van der Waals surface area contributed by atoms with Crippen molar-refractivity contribution in [1.82, 2.24) is 34.5 Å². The molecule has 0 aromatic carbocycles. The second-order valence-corrected chi connectivity index (χ2v) is 7.09. The molecule has 0 unspecified atom stereocenters. The van der Waals surface area contributed by atoms with Crippen molar-refractivity contribution in [3.63, 3.8) is 0 Å². The van der Waals surface area contributed by atoms with Gasteiger partial charge in [-0.15, -0.1) is 0 Å². The monoisotopic (exact) mass is 374 g/mol. The molecule has 8 nitrogen and oxygen atoms in total. The summed E-state index contributed by atoms with van der Waals surface area (Å²) in [6.45, 7) is 4.73. The van der Waals surface area contributed by atoms with E-state index in [4.69, 9.17) is 4.98 Å². The Balaban J connectivity index is 1.71. The van der Waals surface area contributed by atoms with Gasteiger partial charge in [0.2, 0.25) is 0 Å². The zero-order valence-corrected chi connectivity index (χ0v) is 16.0. The molecule has 5 rings (SSSR count). The Hall–Kier alpha value is -3.29. The number of anilines is 2. The second-order valence-electron chi connectivity index (χ2n) is 7.09. The first-order valence-electron chi connectivity index (χ1n) is 9.68. The fourth-order valence-electron chi connectivity index (χ4n) is 3.74. The van der Waals surface area contributed by atoms with E-state index in [1.807, 2.05) is 31.7 Å². The molecule has 0 bridgehead atoms. The van der Waals surface area contributed by atoms with Gasteiger partial charge in [0.25, 0.3) is 0 Å². The van der Waals surface area contributed by atoms with E-state index in [2.05, 4.69) is 47.4 Å². The predicted octanol–water partition coefficient (Wildman–Crippen LogP) is 3.63. The molecular weight excluding hydrogens is 352 g/mol. The van der Waals surface area contributed by atoms with Gasteiger partial charge in [0.05, 0.1) is 11.3 Å². The van der Waals surface area contributed by atoms with Crippen molar-refractivity contribution < 1.29 is 0 Å². The quantitative estimate of drug-likeness (QED) is 0.574. The zero-order valence-electron chi connectivity index (χ0n) is 16.0. The Kier molecular flexibility index (Phi) is 4.03. The first-order valence-corrected chi connectivity index (χ1v) is 9.68. The molecule has 1 aliphatic carbocycles. The van der Waals surface area contributed by atoms with E-state index in [1.54, 1.807) is 6.33 Å². The Bertz CT molecular complexity index is 1090. The highest BCUT2D eigenvalue weighted by Crippen LogP contribution is 2.38. The highest BCUT2D eigenvalue weighted by molar-refractivity contribution is 5.89. The number of aromatic nitrogens is 7. The van der Waals surface area contributed by atoms with E-state index in [-0.39, 0.29) is 0 Å². The molecule has 4 heterocycles. The van der Waals surface area contributed by atoms with Gasteiger partial charge in [-0.1, -0.05) is 0 Å². The van der Waals surface area contributed by atoms with Gasteiger partial charge in [-0.3, -0.25) is 0 Å². The molecule has 0 aliphatic heterocycles. The standard InChI is InChI=1S/C20H22N8/c1-3-27-18(14-9-22-13(2)23-10-14)26-17-19(27)24-12-25-20(17)28(15-5-4-6-15)16-7-8-21-11-16/h7-12,15,21H,3-6H2,1-2H3. The molecule has 0 saturated heterocycles. The molecule has 4 aromatic rings. The van der Waals surface area contributed by atoms with Crippen LogP contribution in [0.4, 0.5) is 11.5 Å². The third-order valence-corrected chi connectivity index (χ3v) is 5.40. The van der Waals surface area contributed by atoms with Crippen LogP contribution in [0.25, 0.3) is 22.6 Å². The maximum absolute atomic E-state index is 4.96. The lowest BCUT2D eigenvalue weighted by Gasteiger charge is -2.37. The van der Waals surface area contributed by atoms with Gasteiger partial charge in [-0.2, -0.15) is 0 Å². The lowest BCUT2D eigenvalue weighted by molar-refractivity contribution is 0.410. The van der Waals surface area contributed by atoms with Gasteiger partial charge in [0.15, 0.2) is 17.0 Å². The average molecular weight is 374 g/mol. The highest BCUT2D eigenvalue weighted by atomic mass is 15.3. The molecule has 8 heteroatoms. The summed E-state index contributed by atoms with van der Waals surface area (Å²) in [4.78, 5) is 28.3. The van der Waals surface area contributed by atoms with Crippen LogP contribution in [0.5, 0.6) is 0 Å². The topological polar surface area (TPSA) is 88.4 Å². The number of hydrogen-bond donors (Lipinski definition) is 1. The summed E-state index contributed by atoms with van der Waals surface area (Å²) in [6, 6.07) is 2.52. The Labute approximate surface area is 162 Å². The number of H-pyrrole nitrogens is 1. The maximum Gasteiger partial charge on any atom is 0.165 e. The number of aryl methyl sites for hydroxylation is 2. The molecule has 142 valence electrons. The van der Waals surface area contributed by atoms with Crippen molar-refractivity contribution in [1.29, 1.82) is 0 Å². The average Bonchev–Trinajstić information content (AvgIpc) is 3.32. The van der Waals surface area contributed by atoms with Gasteiger partial charge in [-0.05, 0) is 39.2 Å². The van der Waals surface area contributed by atoms with Crippen LogP contribution in [0.15, 0.2) is 37.2 Å². The minimum atomic E-state index is 0.437. The lowest BCUT2D eigenvalue weighted by Crippen LogP contribution is -2.37. The first kappa shape index (κ1) is 16.9. The van der Waals surface area contributed by atoms with Crippen molar-refractivity contribution in [2.45, 2.75) is 45.7 Å². The number of rotatable bonds is 5. The number of nitrogens with zero attached hydrogens (tertiary/aromatic N) is 7. The number of aromatic amines is 1. The number of nitrogens with one attached hydrogen (secondary N) is 1. The summed E-state index contributed by atoms with van der Waals surface area (Å²) < 4.78 is 2.10. The molecule has 0 atom stereocenters. The summed E-state index contributed by atoms with van der Waals surface area (Å²) in [5.41, 5.74) is 3.64. The SMILES string of the molecule is CCn1c(-c2cnc(C)nc2)nc2c(N(c3cc[nH]c3)C3CCC3)ncnc21. The molecule has 1 aliphatic rings. The van der Waals surface area contributed by atoms with Crippen molar-refractivity contribution in [2.75, 3.05) is 4.90 Å². The van der Waals surface area contributed by atoms with Crippen LogP contribution in [-0.2, 0) is 6.54 Å². The van der Waals surface area contributed by atoms with Gasteiger partial charge in [0.1, 0.15) is 18.0 Å². The number of fused-ring (bicyclic) bond motifs is 1. The summed E-state index contributed by atoms with van der Waals surface area (Å²) >= 11 is 0. The van der Waals surface area contributed by atoms with Crippen molar-refractivity contribution in [3.05, 3.63) is 43.0 Å². The van der Waals surface area contributed by atoms with Crippen LogP contribution < -0.4 is 4.90 Å².